The Balaban J connectivity index is 1.25. The highest BCUT2D eigenvalue weighted by Crippen LogP contribution is 2.34. The Hall–Kier alpha value is -2.10. The molecule has 3 aliphatic heterocycles. The molecule has 174 valence electrons. The molecular weight excluding hydrogens is 430 g/mol. The van der Waals surface area contributed by atoms with Crippen molar-refractivity contribution in [3.8, 4) is 0 Å². The molecule has 1 aliphatic carbocycles. The van der Waals surface area contributed by atoms with Crippen LogP contribution in [-0.4, -0.2) is 71.3 Å². The number of likely N-dealkylation sites (tertiary alicyclic amines) is 1. The van der Waals surface area contributed by atoms with Crippen molar-refractivity contribution in [2.45, 2.75) is 69.7 Å². The van der Waals surface area contributed by atoms with Crippen LogP contribution in [0.4, 0.5) is 11.8 Å². The van der Waals surface area contributed by atoms with Crippen LogP contribution in [0.5, 0.6) is 0 Å². The topological polar surface area (TPSA) is 107 Å². The Labute approximate surface area is 193 Å². The Bertz CT molecular complexity index is 887. The molecule has 4 N–H and O–H groups in total. The van der Waals surface area contributed by atoms with Crippen molar-refractivity contribution in [2.75, 3.05) is 36.9 Å². The van der Waals surface area contributed by atoms with Gasteiger partial charge in [0.1, 0.15) is 10.7 Å². The molecule has 0 radical (unpaired) electrons. The lowest BCUT2D eigenvalue weighted by atomic mass is 9.89. The zero-order valence-corrected chi connectivity index (χ0v) is 19.2. The summed E-state index contributed by atoms with van der Waals surface area (Å²) in [5.41, 5.74) is 1.44. The van der Waals surface area contributed by atoms with Crippen LogP contribution in [0.2, 0.25) is 5.02 Å². The lowest BCUT2D eigenvalue weighted by Gasteiger charge is -2.39. The number of anilines is 2. The van der Waals surface area contributed by atoms with Gasteiger partial charge in [0, 0.05) is 36.9 Å². The number of ether oxygens (including phenoxy) is 2. The van der Waals surface area contributed by atoms with Crippen molar-refractivity contribution in [3.05, 3.63) is 22.6 Å². The van der Waals surface area contributed by atoms with Gasteiger partial charge in [-0.3, -0.25) is 10.3 Å². The van der Waals surface area contributed by atoms with E-state index in [-0.39, 0.29) is 5.90 Å². The molecule has 1 aromatic heterocycles. The summed E-state index contributed by atoms with van der Waals surface area (Å²) in [6.45, 7) is 5.10. The molecule has 9 nitrogen and oxygen atoms in total. The molecule has 2 atom stereocenters. The fourth-order valence-corrected chi connectivity index (χ4v) is 5.47. The second-order valence-electron chi connectivity index (χ2n) is 9.16. The zero-order chi connectivity index (χ0) is 22.1. The number of rotatable bonds is 3. The number of hydrogen-bond acceptors (Lipinski definition) is 9. The Kier molecular flexibility index (Phi) is 6.39. The lowest BCUT2D eigenvalue weighted by molar-refractivity contribution is 0.00230. The molecule has 0 spiro atoms. The van der Waals surface area contributed by atoms with E-state index in [0.717, 1.165) is 38.1 Å². The molecule has 1 aromatic rings. The molecule has 4 bridgehead atoms. The van der Waals surface area contributed by atoms with E-state index < -0.39 is 0 Å². The van der Waals surface area contributed by atoms with Gasteiger partial charge in [0.2, 0.25) is 11.8 Å². The minimum Gasteiger partial charge on any atom is -0.476 e. The maximum Gasteiger partial charge on any atom is 0.232 e. The maximum atomic E-state index is 8.47. The third-order valence-corrected chi connectivity index (χ3v) is 7.25. The molecule has 1 unspecified atom stereocenters. The predicted octanol–water partition coefficient (Wildman–Crippen LogP) is 2.96. The van der Waals surface area contributed by atoms with Crippen molar-refractivity contribution in [2.24, 2.45) is 0 Å². The van der Waals surface area contributed by atoms with E-state index in [1.165, 1.54) is 19.3 Å². The first-order chi connectivity index (χ1) is 15.6. The molecule has 10 heteroatoms. The largest absolute Gasteiger partial charge is 0.476 e. The Morgan fingerprint density at radius 1 is 1.28 bits per heavy atom. The van der Waals surface area contributed by atoms with Gasteiger partial charge in [-0.2, -0.15) is 4.98 Å². The number of allylic oxidation sites excluding steroid dienone is 1. The molecule has 2 saturated heterocycles. The van der Waals surface area contributed by atoms with Crippen LogP contribution < -0.4 is 16.0 Å². The van der Waals surface area contributed by atoms with E-state index in [1.807, 2.05) is 6.92 Å². The first kappa shape index (κ1) is 21.7. The first-order valence-electron chi connectivity index (χ1n) is 11.7. The van der Waals surface area contributed by atoms with E-state index in [2.05, 4.69) is 30.8 Å². The van der Waals surface area contributed by atoms with E-state index in [4.69, 9.17) is 26.5 Å². The number of halogens is 1. The molecular formula is C22H32ClN7O2. The molecule has 3 fully saturated rings. The van der Waals surface area contributed by atoms with Crippen LogP contribution >= 0.6 is 11.6 Å². The van der Waals surface area contributed by atoms with Crippen molar-refractivity contribution in [3.63, 3.8) is 0 Å². The van der Waals surface area contributed by atoms with Crippen LogP contribution in [0, 0.1) is 5.41 Å². The first-order valence-corrected chi connectivity index (χ1v) is 12.0. The Morgan fingerprint density at radius 2 is 2.12 bits per heavy atom. The van der Waals surface area contributed by atoms with Gasteiger partial charge in [-0.25, -0.2) is 4.98 Å². The standard InChI is InChI=1S/C22H32ClN7O2/c1-13(27-14-3-5-15(6-4-14)30-11-17-9-16(30)12-32-17)19-20(24)31-8-2-7-25-21-18(23)10-26-22(28-19)29-21/h10,14-17,24,27H,2-9,11-12H2,1H3,(H2,25,26,28,29)/b19-13+,24-20?/t14?,15?,16?,17-/m1/s1. The van der Waals surface area contributed by atoms with Gasteiger partial charge in [-0.1, -0.05) is 11.6 Å². The van der Waals surface area contributed by atoms with Crippen molar-refractivity contribution in [1.29, 1.82) is 5.41 Å². The number of nitrogens with one attached hydrogen (secondary N) is 4. The second-order valence-corrected chi connectivity index (χ2v) is 9.57. The van der Waals surface area contributed by atoms with Gasteiger partial charge in [-0.05, 0) is 45.4 Å². The molecule has 4 aliphatic rings. The summed E-state index contributed by atoms with van der Waals surface area (Å²) >= 11 is 6.20. The van der Waals surface area contributed by atoms with Crippen LogP contribution in [0.1, 0.15) is 45.4 Å². The predicted molar refractivity (Wildman–Crippen MR) is 124 cm³/mol. The van der Waals surface area contributed by atoms with E-state index >= 15 is 0 Å². The van der Waals surface area contributed by atoms with Gasteiger partial charge in [0.25, 0.3) is 0 Å². The number of nitrogens with zero attached hydrogens (tertiary/aromatic N) is 3. The molecule has 5 rings (SSSR count). The summed E-state index contributed by atoms with van der Waals surface area (Å²) in [7, 11) is 0. The summed E-state index contributed by atoms with van der Waals surface area (Å²) in [4.78, 5) is 11.4. The minimum absolute atomic E-state index is 0.0961. The number of fused-ring (bicyclic) bond motifs is 4. The summed E-state index contributed by atoms with van der Waals surface area (Å²) in [6, 6.07) is 1.68. The average Bonchev–Trinajstić information content (AvgIpc) is 3.42. The van der Waals surface area contributed by atoms with Gasteiger partial charge in [0.05, 0.1) is 25.5 Å². The number of morpholine rings is 1. The summed E-state index contributed by atoms with van der Waals surface area (Å²) in [5.74, 6) is 1.07. The molecule has 0 aromatic carbocycles. The number of hydrogen-bond donors (Lipinski definition) is 4. The Morgan fingerprint density at radius 3 is 2.88 bits per heavy atom. The minimum atomic E-state index is 0.0961. The highest BCUT2D eigenvalue weighted by atomic mass is 35.5. The maximum absolute atomic E-state index is 8.47. The third kappa shape index (κ3) is 4.65. The SMILES string of the molecule is C/C(NC1CCC(N2C[C@H]3CC2CO3)CC1)=C1\Nc2ncc(Cl)c(n2)NCCCOC1=N. The van der Waals surface area contributed by atoms with Crippen LogP contribution in [0.15, 0.2) is 17.6 Å². The van der Waals surface area contributed by atoms with E-state index in [1.54, 1.807) is 6.20 Å². The van der Waals surface area contributed by atoms with Crippen molar-refractivity contribution >= 4 is 29.3 Å². The summed E-state index contributed by atoms with van der Waals surface area (Å²) in [6.07, 6.45) is 8.60. The van der Waals surface area contributed by atoms with Crippen molar-refractivity contribution < 1.29 is 9.47 Å². The molecule has 32 heavy (non-hydrogen) atoms. The summed E-state index contributed by atoms with van der Waals surface area (Å²) in [5, 5.41) is 19.0. The van der Waals surface area contributed by atoms with Crippen LogP contribution in [-0.2, 0) is 9.47 Å². The second kappa shape index (κ2) is 9.41. The van der Waals surface area contributed by atoms with Gasteiger partial charge >= 0.3 is 0 Å². The van der Waals surface area contributed by atoms with E-state index in [9.17, 15) is 0 Å². The third-order valence-electron chi connectivity index (χ3n) is 6.97. The molecule has 4 heterocycles. The number of aromatic nitrogens is 2. The normalized spacial score (nSPS) is 32.4. The fraction of sp³-hybridized carbons (Fsp3) is 0.682. The highest BCUT2D eigenvalue weighted by molar-refractivity contribution is 6.32. The quantitative estimate of drug-likeness (QED) is 0.544. The van der Waals surface area contributed by atoms with Gasteiger partial charge in [-0.15, -0.1) is 0 Å². The smallest absolute Gasteiger partial charge is 0.232 e. The lowest BCUT2D eigenvalue weighted by Crippen LogP contribution is -2.47. The zero-order valence-electron chi connectivity index (χ0n) is 18.5. The fourth-order valence-electron chi connectivity index (χ4n) is 5.32. The van der Waals surface area contributed by atoms with Crippen LogP contribution in [0.3, 0.4) is 0 Å². The molecule has 1 saturated carbocycles. The van der Waals surface area contributed by atoms with Gasteiger partial charge < -0.3 is 25.4 Å². The molecule has 0 amide bonds. The average molecular weight is 462 g/mol. The van der Waals surface area contributed by atoms with Crippen molar-refractivity contribution in [1.82, 2.24) is 20.2 Å². The summed E-state index contributed by atoms with van der Waals surface area (Å²) < 4.78 is 11.5. The van der Waals surface area contributed by atoms with Gasteiger partial charge in [0.15, 0.2) is 5.82 Å². The highest BCUT2D eigenvalue weighted by Gasteiger charge is 2.42. The monoisotopic (exact) mass is 461 g/mol. The van der Waals surface area contributed by atoms with Crippen LogP contribution in [0.25, 0.3) is 0 Å². The van der Waals surface area contributed by atoms with E-state index in [0.29, 0.717) is 59.9 Å².